The van der Waals surface area contributed by atoms with Gasteiger partial charge in [0.25, 0.3) is 0 Å². The van der Waals surface area contributed by atoms with Crippen LogP contribution < -0.4 is 0 Å². The van der Waals surface area contributed by atoms with Crippen LogP contribution in [0.25, 0.3) is 11.3 Å². The molecule has 2 aromatic heterocycles. The van der Waals surface area contributed by atoms with Gasteiger partial charge in [0.15, 0.2) is 0 Å². The number of hydrogen-bond acceptors (Lipinski definition) is 3. The largest absolute Gasteiger partial charge is 0.264 e. The zero-order chi connectivity index (χ0) is 14.7. The summed E-state index contributed by atoms with van der Waals surface area (Å²) in [7, 11) is 0. The van der Waals surface area contributed by atoms with Crippen LogP contribution in [0.15, 0.2) is 59.5 Å². The number of benzene rings is 1. The summed E-state index contributed by atoms with van der Waals surface area (Å²) in [5.41, 5.74) is 4.38. The number of aryl methyl sites for hydroxylation is 1. The lowest BCUT2D eigenvalue weighted by atomic mass is 10.1. The summed E-state index contributed by atoms with van der Waals surface area (Å²) in [4.78, 5) is 13.2. The molecule has 0 aliphatic heterocycles. The van der Waals surface area contributed by atoms with Gasteiger partial charge < -0.3 is 0 Å². The van der Waals surface area contributed by atoms with Crippen LogP contribution in [0.3, 0.4) is 0 Å². The molecule has 2 heterocycles. The minimum Gasteiger partial charge on any atom is -0.264 e. The van der Waals surface area contributed by atoms with E-state index in [1.54, 1.807) is 12.4 Å². The molecule has 3 rings (SSSR count). The van der Waals surface area contributed by atoms with Crippen LogP contribution in [0, 0.1) is 6.92 Å². The summed E-state index contributed by atoms with van der Waals surface area (Å²) in [5, 5.41) is 0. The molecule has 21 heavy (non-hydrogen) atoms. The quantitative estimate of drug-likeness (QED) is 0.717. The van der Waals surface area contributed by atoms with E-state index in [-0.39, 0.29) is 0 Å². The van der Waals surface area contributed by atoms with E-state index >= 15 is 0 Å². The van der Waals surface area contributed by atoms with E-state index in [2.05, 4.69) is 49.9 Å². The molecule has 0 unspecified atom stereocenters. The van der Waals surface area contributed by atoms with Crippen molar-refractivity contribution >= 4 is 15.9 Å². The molecule has 3 aromatic rings. The van der Waals surface area contributed by atoms with Gasteiger partial charge in [-0.15, -0.1) is 0 Å². The van der Waals surface area contributed by atoms with Crippen LogP contribution in [0.2, 0.25) is 0 Å². The van der Waals surface area contributed by atoms with E-state index in [4.69, 9.17) is 0 Å². The highest BCUT2D eigenvalue weighted by atomic mass is 79.9. The fraction of sp³-hybridized carbons (Fsp3) is 0.118. The molecule has 104 valence electrons. The summed E-state index contributed by atoms with van der Waals surface area (Å²) in [6, 6.07) is 12.1. The molecule has 0 spiro atoms. The highest BCUT2D eigenvalue weighted by Crippen LogP contribution is 2.19. The number of aromatic nitrogens is 3. The Morgan fingerprint density at radius 1 is 1.10 bits per heavy atom. The van der Waals surface area contributed by atoms with Crippen molar-refractivity contribution in [3.63, 3.8) is 0 Å². The minimum atomic E-state index is 0.722. The third-order valence-corrected chi connectivity index (χ3v) is 3.82. The van der Waals surface area contributed by atoms with Gasteiger partial charge in [-0.2, -0.15) is 0 Å². The SMILES string of the molecule is Cc1ccc(Br)cc1Cc1nccc(-c2cccnc2)n1. The Morgan fingerprint density at radius 3 is 2.81 bits per heavy atom. The summed E-state index contributed by atoms with van der Waals surface area (Å²) in [6.45, 7) is 2.10. The molecule has 0 aliphatic rings. The maximum Gasteiger partial charge on any atom is 0.133 e. The van der Waals surface area contributed by atoms with E-state index in [9.17, 15) is 0 Å². The second-order valence-corrected chi connectivity index (χ2v) is 5.76. The number of hydrogen-bond donors (Lipinski definition) is 0. The van der Waals surface area contributed by atoms with Crippen LogP contribution in [0.1, 0.15) is 17.0 Å². The van der Waals surface area contributed by atoms with Crippen molar-refractivity contribution in [2.75, 3.05) is 0 Å². The first kappa shape index (κ1) is 13.9. The number of pyridine rings is 1. The molecule has 0 N–H and O–H groups in total. The average molecular weight is 340 g/mol. The summed E-state index contributed by atoms with van der Waals surface area (Å²) < 4.78 is 1.08. The molecule has 0 radical (unpaired) electrons. The van der Waals surface area contributed by atoms with E-state index in [0.717, 1.165) is 28.0 Å². The minimum absolute atomic E-state index is 0.722. The zero-order valence-corrected chi connectivity index (χ0v) is 13.2. The molecule has 0 bridgehead atoms. The van der Waals surface area contributed by atoms with Gasteiger partial charge in [-0.1, -0.05) is 22.0 Å². The van der Waals surface area contributed by atoms with Gasteiger partial charge in [0.05, 0.1) is 5.69 Å². The fourth-order valence-corrected chi connectivity index (χ4v) is 2.57. The first-order chi connectivity index (χ1) is 10.2. The van der Waals surface area contributed by atoms with Gasteiger partial charge in [0.1, 0.15) is 5.82 Å². The van der Waals surface area contributed by atoms with Gasteiger partial charge in [0.2, 0.25) is 0 Å². The molecule has 0 saturated carbocycles. The maximum atomic E-state index is 4.64. The van der Waals surface area contributed by atoms with Crippen molar-refractivity contribution in [2.45, 2.75) is 13.3 Å². The monoisotopic (exact) mass is 339 g/mol. The van der Waals surface area contributed by atoms with Crippen molar-refractivity contribution in [3.8, 4) is 11.3 Å². The van der Waals surface area contributed by atoms with Gasteiger partial charge in [-0.25, -0.2) is 9.97 Å². The van der Waals surface area contributed by atoms with E-state index in [1.807, 2.05) is 30.5 Å². The van der Waals surface area contributed by atoms with Gasteiger partial charge in [-0.05, 0) is 48.4 Å². The highest BCUT2D eigenvalue weighted by Gasteiger charge is 2.06. The van der Waals surface area contributed by atoms with E-state index in [1.165, 1.54) is 11.1 Å². The Morgan fingerprint density at radius 2 is 2.00 bits per heavy atom. The summed E-state index contributed by atoms with van der Waals surface area (Å²) in [6.07, 6.45) is 6.10. The number of nitrogens with zero attached hydrogens (tertiary/aromatic N) is 3. The standard InChI is InChI=1S/C17H14BrN3/c1-12-4-5-15(18)9-14(12)10-17-20-8-6-16(21-17)13-3-2-7-19-11-13/h2-9,11H,10H2,1H3. The lowest BCUT2D eigenvalue weighted by Gasteiger charge is -2.07. The average Bonchev–Trinajstić information content (AvgIpc) is 2.52. The predicted molar refractivity (Wildman–Crippen MR) is 86.9 cm³/mol. The molecule has 0 amide bonds. The van der Waals surface area contributed by atoms with Crippen molar-refractivity contribution < 1.29 is 0 Å². The molecule has 1 aromatic carbocycles. The third-order valence-electron chi connectivity index (χ3n) is 3.32. The Hall–Kier alpha value is -2.07. The Balaban J connectivity index is 1.92. The first-order valence-corrected chi connectivity index (χ1v) is 7.49. The zero-order valence-electron chi connectivity index (χ0n) is 11.6. The third kappa shape index (κ3) is 3.34. The maximum absolute atomic E-state index is 4.64. The smallest absolute Gasteiger partial charge is 0.133 e. The normalized spacial score (nSPS) is 10.6. The van der Waals surface area contributed by atoms with Crippen LogP contribution in [0.5, 0.6) is 0 Å². The van der Waals surface area contributed by atoms with Crippen LogP contribution >= 0.6 is 15.9 Å². The van der Waals surface area contributed by atoms with Crippen molar-refractivity contribution in [1.82, 2.24) is 15.0 Å². The topological polar surface area (TPSA) is 38.7 Å². The fourth-order valence-electron chi connectivity index (χ4n) is 2.16. The molecule has 0 atom stereocenters. The number of halogens is 1. The van der Waals surface area contributed by atoms with Crippen LogP contribution in [0.4, 0.5) is 0 Å². The summed E-state index contributed by atoms with van der Waals surface area (Å²) >= 11 is 3.51. The number of rotatable bonds is 3. The lowest BCUT2D eigenvalue weighted by molar-refractivity contribution is 0.963. The summed E-state index contributed by atoms with van der Waals surface area (Å²) in [5.74, 6) is 0.817. The molecule has 0 fully saturated rings. The lowest BCUT2D eigenvalue weighted by Crippen LogP contribution is -1.99. The molecule has 3 nitrogen and oxygen atoms in total. The molecular weight excluding hydrogens is 326 g/mol. The molecule has 0 aliphatic carbocycles. The van der Waals surface area contributed by atoms with Crippen molar-refractivity contribution in [3.05, 3.63) is 76.4 Å². The second kappa shape index (κ2) is 6.14. The van der Waals surface area contributed by atoms with Gasteiger partial charge in [-0.3, -0.25) is 4.98 Å². The Kier molecular flexibility index (Phi) is 4.06. The van der Waals surface area contributed by atoms with Gasteiger partial charge in [0, 0.05) is 35.0 Å². The van der Waals surface area contributed by atoms with Gasteiger partial charge >= 0.3 is 0 Å². The van der Waals surface area contributed by atoms with Crippen molar-refractivity contribution in [2.24, 2.45) is 0 Å². The molecular formula is C17H14BrN3. The molecule has 0 saturated heterocycles. The second-order valence-electron chi connectivity index (χ2n) is 4.85. The highest BCUT2D eigenvalue weighted by molar-refractivity contribution is 9.10. The molecule has 4 heteroatoms. The van der Waals surface area contributed by atoms with E-state index < -0.39 is 0 Å². The predicted octanol–water partition coefficient (Wildman–Crippen LogP) is 4.20. The Labute approximate surface area is 132 Å². The van der Waals surface area contributed by atoms with Crippen LogP contribution in [-0.2, 0) is 6.42 Å². The van der Waals surface area contributed by atoms with Crippen molar-refractivity contribution in [1.29, 1.82) is 0 Å². The first-order valence-electron chi connectivity index (χ1n) is 6.70. The van der Waals surface area contributed by atoms with E-state index in [0.29, 0.717) is 0 Å². The van der Waals surface area contributed by atoms with Crippen LogP contribution in [-0.4, -0.2) is 15.0 Å². The Bertz CT molecular complexity index is 757.